The molecule has 3 N–H and O–H groups in total. The number of fused-ring (bicyclic) bond motifs is 3. The number of aromatic nitrogens is 2. The predicted molar refractivity (Wildman–Crippen MR) is 96.7 cm³/mol. The lowest BCUT2D eigenvalue weighted by Crippen LogP contribution is -2.13. The number of rotatable bonds is 4. The van der Waals surface area contributed by atoms with E-state index in [-0.39, 0.29) is 12.3 Å². The van der Waals surface area contributed by atoms with Crippen LogP contribution in [0.3, 0.4) is 0 Å². The van der Waals surface area contributed by atoms with Gasteiger partial charge in [-0.3, -0.25) is 4.79 Å². The van der Waals surface area contributed by atoms with Gasteiger partial charge >= 0.3 is 0 Å². The van der Waals surface area contributed by atoms with Crippen molar-refractivity contribution in [3.63, 3.8) is 0 Å². The number of anilines is 2. The Morgan fingerprint density at radius 3 is 2.75 bits per heavy atom. The number of amides is 1. The third-order valence-electron chi connectivity index (χ3n) is 4.35. The van der Waals surface area contributed by atoms with Crippen LogP contribution >= 0.6 is 11.3 Å². The van der Waals surface area contributed by atoms with Gasteiger partial charge in [0.2, 0.25) is 5.91 Å². The van der Waals surface area contributed by atoms with Crippen LogP contribution in [0.1, 0.15) is 28.8 Å². The first kappa shape index (κ1) is 15.1. The lowest BCUT2D eigenvalue weighted by molar-refractivity contribution is -0.117. The van der Waals surface area contributed by atoms with Crippen molar-refractivity contribution in [2.75, 3.05) is 5.32 Å². The van der Waals surface area contributed by atoms with Gasteiger partial charge in [0, 0.05) is 10.6 Å². The lowest BCUT2D eigenvalue weighted by atomic mass is 9.97. The molecule has 1 aliphatic rings. The maximum absolute atomic E-state index is 11.0. The highest BCUT2D eigenvalue weighted by Crippen LogP contribution is 2.38. The summed E-state index contributed by atoms with van der Waals surface area (Å²) in [6.07, 6.45) is 6.63. The van der Waals surface area contributed by atoms with E-state index in [0.29, 0.717) is 0 Å². The Balaban J connectivity index is 1.67. The van der Waals surface area contributed by atoms with Crippen LogP contribution in [0.5, 0.6) is 0 Å². The van der Waals surface area contributed by atoms with Crippen LogP contribution in [0.2, 0.25) is 0 Å². The third kappa shape index (κ3) is 2.85. The van der Waals surface area contributed by atoms with Crippen molar-refractivity contribution in [2.45, 2.75) is 32.1 Å². The maximum atomic E-state index is 11.0. The Kier molecular flexibility index (Phi) is 3.90. The van der Waals surface area contributed by atoms with Crippen molar-refractivity contribution in [2.24, 2.45) is 5.73 Å². The summed E-state index contributed by atoms with van der Waals surface area (Å²) in [5.74, 6) is 0.542. The smallest absolute Gasteiger partial charge is 0.221 e. The normalized spacial score (nSPS) is 13.7. The molecule has 0 aliphatic heterocycles. The Bertz CT molecular complexity index is 901. The molecule has 0 saturated heterocycles. The van der Waals surface area contributed by atoms with E-state index in [0.717, 1.165) is 34.7 Å². The summed E-state index contributed by atoms with van der Waals surface area (Å²) in [7, 11) is 0. The third-order valence-corrected chi connectivity index (χ3v) is 5.55. The molecule has 0 radical (unpaired) electrons. The van der Waals surface area contributed by atoms with Gasteiger partial charge in [-0.05, 0) is 48.9 Å². The Labute approximate surface area is 143 Å². The predicted octanol–water partition coefficient (Wildman–Crippen LogP) is 3.34. The Morgan fingerprint density at radius 2 is 1.96 bits per heavy atom. The van der Waals surface area contributed by atoms with Crippen molar-refractivity contribution in [1.82, 2.24) is 9.97 Å². The van der Waals surface area contributed by atoms with Crippen molar-refractivity contribution >= 4 is 39.0 Å². The largest absolute Gasteiger partial charge is 0.369 e. The minimum atomic E-state index is -0.321. The van der Waals surface area contributed by atoms with E-state index in [1.54, 1.807) is 17.7 Å². The molecule has 122 valence electrons. The van der Waals surface area contributed by atoms with E-state index in [4.69, 9.17) is 5.73 Å². The van der Waals surface area contributed by atoms with Crippen LogP contribution in [0.4, 0.5) is 11.5 Å². The average Bonchev–Trinajstić information content (AvgIpc) is 2.96. The molecule has 0 atom stereocenters. The maximum Gasteiger partial charge on any atom is 0.221 e. The number of hydrogen-bond donors (Lipinski definition) is 2. The number of thiophene rings is 1. The zero-order valence-electron chi connectivity index (χ0n) is 13.2. The van der Waals surface area contributed by atoms with Gasteiger partial charge in [0.05, 0.1) is 11.8 Å². The van der Waals surface area contributed by atoms with Crippen LogP contribution in [-0.4, -0.2) is 15.9 Å². The van der Waals surface area contributed by atoms with Gasteiger partial charge in [0.25, 0.3) is 0 Å². The Hall–Kier alpha value is -2.47. The zero-order chi connectivity index (χ0) is 16.5. The van der Waals surface area contributed by atoms with Gasteiger partial charge < -0.3 is 11.1 Å². The van der Waals surface area contributed by atoms with Crippen molar-refractivity contribution in [3.05, 3.63) is 46.6 Å². The first-order valence-electron chi connectivity index (χ1n) is 8.10. The molecule has 5 nitrogen and oxygen atoms in total. The quantitative estimate of drug-likeness (QED) is 0.764. The average molecular weight is 338 g/mol. The van der Waals surface area contributed by atoms with E-state index in [1.165, 1.54) is 28.7 Å². The molecule has 4 rings (SSSR count). The molecule has 2 aromatic heterocycles. The van der Waals surface area contributed by atoms with Gasteiger partial charge in [-0.25, -0.2) is 9.97 Å². The molecule has 0 unspecified atom stereocenters. The van der Waals surface area contributed by atoms with Gasteiger partial charge in [0.1, 0.15) is 17.0 Å². The molecule has 0 spiro atoms. The second-order valence-corrected chi connectivity index (χ2v) is 7.16. The number of benzene rings is 1. The molecule has 0 saturated carbocycles. The summed E-state index contributed by atoms with van der Waals surface area (Å²) in [5, 5.41) is 4.57. The Morgan fingerprint density at radius 1 is 1.17 bits per heavy atom. The molecule has 6 heteroatoms. The van der Waals surface area contributed by atoms with Crippen molar-refractivity contribution < 1.29 is 4.79 Å². The van der Waals surface area contributed by atoms with E-state index in [1.807, 2.05) is 24.3 Å². The first-order chi connectivity index (χ1) is 11.7. The number of hydrogen-bond acceptors (Lipinski definition) is 5. The molecule has 1 aliphatic carbocycles. The van der Waals surface area contributed by atoms with Crippen LogP contribution in [0.25, 0.3) is 10.2 Å². The van der Waals surface area contributed by atoms with Gasteiger partial charge in [-0.15, -0.1) is 11.3 Å². The summed E-state index contributed by atoms with van der Waals surface area (Å²) in [6, 6.07) is 7.72. The van der Waals surface area contributed by atoms with E-state index in [2.05, 4.69) is 15.3 Å². The van der Waals surface area contributed by atoms with Crippen molar-refractivity contribution in [3.8, 4) is 0 Å². The summed E-state index contributed by atoms with van der Waals surface area (Å²) >= 11 is 1.79. The summed E-state index contributed by atoms with van der Waals surface area (Å²) in [5.41, 5.74) is 8.50. The highest BCUT2D eigenvalue weighted by molar-refractivity contribution is 7.19. The SMILES string of the molecule is NC(=O)Cc1ccc(Nc2ncnc3sc4c(c23)CCCC4)cc1. The van der Waals surface area contributed by atoms with Crippen LogP contribution in [0.15, 0.2) is 30.6 Å². The molecule has 1 amide bonds. The molecule has 3 aromatic rings. The summed E-state index contributed by atoms with van der Waals surface area (Å²) in [4.78, 5) is 22.4. The van der Waals surface area contributed by atoms with Crippen LogP contribution < -0.4 is 11.1 Å². The van der Waals surface area contributed by atoms with Crippen LogP contribution in [0, 0.1) is 0 Å². The zero-order valence-corrected chi connectivity index (χ0v) is 14.0. The van der Waals surface area contributed by atoms with E-state index >= 15 is 0 Å². The summed E-state index contributed by atoms with van der Waals surface area (Å²) in [6.45, 7) is 0. The first-order valence-corrected chi connectivity index (χ1v) is 8.92. The lowest BCUT2D eigenvalue weighted by Gasteiger charge is -2.12. The standard InChI is InChI=1S/C18H18N4OS/c19-15(23)9-11-5-7-12(8-6-11)22-17-16-13-3-1-2-4-14(13)24-18(16)21-10-20-17/h5-8,10H,1-4,9H2,(H2,19,23)(H,20,21,22). The number of primary amides is 1. The van der Waals surface area contributed by atoms with E-state index < -0.39 is 0 Å². The highest BCUT2D eigenvalue weighted by Gasteiger charge is 2.19. The topological polar surface area (TPSA) is 80.9 Å². The van der Waals surface area contributed by atoms with Crippen LogP contribution in [-0.2, 0) is 24.1 Å². The molecule has 2 heterocycles. The monoisotopic (exact) mass is 338 g/mol. The molecular weight excluding hydrogens is 320 g/mol. The molecule has 0 bridgehead atoms. The van der Waals surface area contributed by atoms with E-state index in [9.17, 15) is 4.79 Å². The fraction of sp³-hybridized carbons (Fsp3) is 0.278. The molecule has 24 heavy (non-hydrogen) atoms. The minimum Gasteiger partial charge on any atom is -0.369 e. The molecular formula is C18H18N4OS. The van der Waals surface area contributed by atoms with Gasteiger partial charge in [-0.1, -0.05) is 12.1 Å². The fourth-order valence-electron chi connectivity index (χ4n) is 3.23. The van der Waals surface area contributed by atoms with Gasteiger partial charge in [-0.2, -0.15) is 0 Å². The summed E-state index contributed by atoms with van der Waals surface area (Å²) < 4.78 is 0. The molecule has 0 fully saturated rings. The number of aryl methyl sites for hydroxylation is 2. The fourth-order valence-corrected chi connectivity index (χ4v) is 4.46. The second-order valence-electron chi connectivity index (χ2n) is 6.08. The van der Waals surface area contributed by atoms with Crippen molar-refractivity contribution in [1.29, 1.82) is 0 Å². The minimum absolute atomic E-state index is 0.260. The number of nitrogens with two attached hydrogens (primary N) is 1. The number of carbonyl (C=O) groups excluding carboxylic acids is 1. The number of carbonyl (C=O) groups is 1. The molecule has 1 aromatic carbocycles. The van der Waals surface area contributed by atoms with Gasteiger partial charge in [0.15, 0.2) is 0 Å². The second kappa shape index (κ2) is 6.20. The highest BCUT2D eigenvalue weighted by atomic mass is 32.1. The number of nitrogens with zero attached hydrogens (tertiary/aromatic N) is 2. The number of nitrogens with one attached hydrogen (secondary N) is 1.